The van der Waals surface area contributed by atoms with Crippen molar-refractivity contribution in [3.63, 3.8) is 0 Å². The van der Waals surface area contributed by atoms with E-state index in [4.69, 9.17) is 11.6 Å². The number of carboxylic acid groups (broad SMARTS) is 1. The fourth-order valence-corrected chi connectivity index (χ4v) is 4.38. The molecular formula is C27H25ClN2O3. The Kier molecular flexibility index (Phi) is 6.80. The molecule has 3 aromatic carbocycles. The highest BCUT2D eigenvalue weighted by molar-refractivity contribution is 6.30. The van der Waals surface area contributed by atoms with Crippen LogP contribution in [0.5, 0.6) is 0 Å². The molecule has 0 fully saturated rings. The summed E-state index contributed by atoms with van der Waals surface area (Å²) in [5, 5.41) is 9.95. The van der Waals surface area contributed by atoms with Gasteiger partial charge in [0, 0.05) is 0 Å². The maximum Gasteiger partial charge on any atom is 0.336 e. The Morgan fingerprint density at radius 3 is 2.12 bits per heavy atom. The predicted molar refractivity (Wildman–Crippen MR) is 131 cm³/mol. The van der Waals surface area contributed by atoms with E-state index in [1.54, 1.807) is 27.3 Å². The summed E-state index contributed by atoms with van der Waals surface area (Å²) in [5.74, 6) is -0.958. The van der Waals surface area contributed by atoms with Crippen molar-refractivity contribution in [1.29, 1.82) is 0 Å². The average Bonchev–Trinajstić information content (AvgIpc) is 3.05. The molecular weight excluding hydrogens is 436 g/mol. The maximum absolute atomic E-state index is 13.3. The minimum Gasteiger partial charge on any atom is -0.478 e. The number of halogens is 1. The normalized spacial score (nSPS) is 11.0. The Morgan fingerprint density at radius 2 is 1.45 bits per heavy atom. The van der Waals surface area contributed by atoms with Crippen molar-refractivity contribution in [2.75, 3.05) is 0 Å². The molecule has 1 N–H and O–H groups in total. The molecule has 1 heterocycles. The third-order valence-corrected chi connectivity index (χ3v) is 6.12. The number of benzene rings is 3. The topological polar surface area (TPSA) is 64.2 Å². The number of aromatic nitrogens is 2. The monoisotopic (exact) mass is 460 g/mol. The van der Waals surface area contributed by atoms with Gasteiger partial charge in [-0.15, -0.1) is 0 Å². The van der Waals surface area contributed by atoms with E-state index in [2.05, 4.69) is 6.92 Å². The first-order chi connectivity index (χ1) is 16.0. The third-order valence-electron chi connectivity index (χ3n) is 5.70. The molecule has 0 spiro atoms. The standard InChI is InChI=1S/C27H25ClN2O3/c1-2-8-24-25(28)30(18-19-9-4-3-5-10-19)27(33)29(24)17-20-13-15-21(16-14-20)22-11-6-7-12-23(22)26(31)32/h3-7,9-16H,2,8,17-18H2,1H3,(H,31,32). The van der Waals surface area contributed by atoms with Gasteiger partial charge in [0.15, 0.2) is 0 Å². The lowest BCUT2D eigenvalue weighted by Crippen LogP contribution is -2.26. The summed E-state index contributed by atoms with van der Waals surface area (Å²) < 4.78 is 3.37. The van der Waals surface area contributed by atoms with Gasteiger partial charge >= 0.3 is 11.7 Å². The minimum absolute atomic E-state index is 0.132. The molecule has 0 aliphatic carbocycles. The van der Waals surface area contributed by atoms with Crippen molar-refractivity contribution in [2.45, 2.75) is 32.9 Å². The molecule has 0 aliphatic heterocycles. The number of rotatable bonds is 8. The Bertz CT molecular complexity index is 1320. The van der Waals surface area contributed by atoms with Crippen molar-refractivity contribution in [2.24, 2.45) is 0 Å². The summed E-state index contributed by atoms with van der Waals surface area (Å²) >= 11 is 6.67. The van der Waals surface area contributed by atoms with Crippen LogP contribution in [0.25, 0.3) is 11.1 Å². The van der Waals surface area contributed by atoms with Crippen LogP contribution in [-0.4, -0.2) is 20.2 Å². The van der Waals surface area contributed by atoms with Crippen molar-refractivity contribution in [3.05, 3.63) is 117 Å². The zero-order valence-corrected chi connectivity index (χ0v) is 19.1. The summed E-state index contributed by atoms with van der Waals surface area (Å²) in [6.45, 7) is 2.89. The second kappa shape index (κ2) is 9.92. The molecule has 5 nitrogen and oxygen atoms in total. The second-order valence-corrected chi connectivity index (χ2v) is 8.33. The number of imidazole rings is 1. The van der Waals surface area contributed by atoms with Gasteiger partial charge < -0.3 is 5.11 Å². The van der Waals surface area contributed by atoms with Gasteiger partial charge in [-0.05, 0) is 34.7 Å². The smallest absolute Gasteiger partial charge is 0.336 e. The van der Waals surface area contributed by atoms with E-state index in [0.717, 1.165) is 28.8 Å². The Labute approximate surface area is 197 Å². The van der Waals surface area contributed by atoms with Gasteiger partial charge in [-0.25, -0.2) is 9.59 Å². The van der Waals surface area contributed by atoms with Crippen molar-refractivity contribution in [3.8, 4) is 11.1 Å². The molecule has 4 rings (SSSR count). The van der Waals surface area contributed by atoms with Crippen molar-refractivity contribution < 1.29 is 9.90 Å². The number of nitrogens with zero attached hydrogens (tertiary/aromatic N) is 2. The highest BCUT2D eigenvalue weighted by Crippen LogP contribution is 2.25. The van der Waals surface area contributed by atoms with Crippen LogP contribution < -0.4 is 5.69 Å². The highest BCUT2D eigenvalue weighted by Gasteiger charge is 2.18. The lowest BCUT2D eigenvalue weighted by molar-refractivity contribution is 0.0697. The molecule has 1 aromatic heterocycles. The molecule has 0 atom stereocenters. The molecule has 0 aliphatic rings. The number of hydrogen-bond donors (Lipinski definition) is 1. The number of hydrogen-bond acceptors (Lipinski definition) is 2. The maximum atomic E-state index is 13.3. The van der Waals surface area contributed by atoms with Gasteiger partial charge in [-0.1, -0.05) is 97.7 Å². The molecule has 6 heteroatoms. The largest absolute Gasteiger partial charge is 0.478 e. The summed E-state index contributed by atoms with van der Waals surface area (Å²) in [7, 11) is 0. The van der Waals surface area contributed by atoms with Crippen LogP contribution in [0, 0.1) is 0 Å². The summed E-state index contributed by atoms with van der Waals surface area (Å²) in [4.78, 5) is 24.8. The summed E-state index contributed by atoms with van der Waals surface area (Å²) in [5.41, 5.74) is 4.40. The molecule has 4 aromatic rings. The van der Waals surface area contributed by atoms with Crippen LogP contribution in [0.4, 0.5) is 0 Å². The molecule has 0 bridgehead atoms. The van der Waals surface area contributed by atoms with Gasteiger partial charge in [0.1, 0.15) is 5.15 Å². The van der Waals surface area contributed by atoms with Crippen LogP contribution in [0.1, 0.15) is 40.5 Å². The fraction of sp³-hybridized carbons (Fsp3) is 0.185. The van der Waals surface area contributed by atoms with Crippen molar-refractivity contribution in [1.82, 2.24) is 9.13 Å². The van der Waals surface area contributed by atoms with E-state index in [1.807, 2.05) is 60.7 Å². The van der Waals surface area contributed by atoms with Gasteiger partial charge in [0.25, 0.3) is 0 Å². The summed E-state index contributed by atoms with van der Waals surface area (Å²) in [6.07, 6.45) is 1.58. The Balaban J connectivity index is 1.66. The van der Waals surface area contributed by atoms with E-state index in [9.17, 15) is 14.7 Å². The third kappa shape index (κ3) is 4.78. The van der Waals surface area contributed by atoms with E-state index >= 15 is 0 Å². The zero-order chi connectivity index (χ0) is 23.4. The van der Waals surface area contributed by atoms with Crippen LogP contribution in [0.2, 0.25) is 5.15 Å². The second-order valence-electron chi connectivity index (χ2n) is 7.98. The van der Waals surface area contributed by atoms with E-state index in [-0.39, 0.29) is 11.3 Å². The Morgan fingerprint density at radius 1 is 0.848 bits per heavy atom. The van der Waals surface area contributed by atoms with E-state index < -0.39 is 5.97 Å². The minimum atomic E-state index is -0.958. The molecule has 0 amide bonds. The molecule has 0 saturated carbocycles. The molecule has 0 saturated heterocycles. The molecule has 0 radical (unpaired) electrons. The number of carbonyl (C=O) groups is 1. The van der Waals surface area contributed by atoms with Gasteiger partial charge in [-0.2, -0.15) is 0 Å². The lowest BCUT2D eigenvalue weighted by Gasteiger charge is -2.09. The number of carboxylic acids is 1. The van der Waals surface area contributed by atoms with Gasteiger partial charge in [0.2, 0.25) is 0 Å². The van der Waals surface area contributed by atoms with Crippen LogP contribution >= 0.6 is 11.6 Å². The van der Waals surface area contributed by atoms with Gasteiger partial charge in [-0.3, -0.25) is 9.13 Å². The van der Waals surface area contributed by atoms with Crippen LogP contribution in [-0.2, 0) is 19.5 Å². The predicted octanol–water partition coefficient (Wildman–Crippen LogP) is 5.72. The first-order valence-corrected chi connectivity index (χ1v) is 11.3. The van der Waals surface area contributed by atoms with Crippen molar-refractivity contribution >= 4 is 17.6 Å². The highest BCUT2D eigenvalue weighted by atomic mass is 35.5. The van der Waals surface area contributed by atoms with E-state index in [0.29, 0.717) is 30.2 Å². The molecule has 0 unspecified atom stereocenters. The average molecular weight is 461 g/mol. The fourth-order valence-electron chi connectivity index (χ4n) is 4.05. The lowest BCUT2D eigenvalue weighted by atomic mass is 9.99. The van der Waals surface area contributed by atoms with E-state index in [1.165, 1.54) is 0 Å². The first-order valence-electron chi connectivity index (χ1n) is 10.9. The molecule has 33 heavy (non-hydrogen) atoms. The molecule has 168 valence electrons. The first kappa shape index (κ1) is 22.6. The summed E-state index contributed by atoms with van der Waals surface area (Å²) in [6, 6.07) is 24.4. The zero-order valence-electron chi connectivity index (χ0n) is 18.4. The van der Waals surface area contributed by atoms with Gasteiger partial charge in [0.05, 0.1) is 24.3 Å². The number of aromatic carboxylic acids is 1. The van der Waals surface area contributed by atoms with Crippen LogP contribution in [0.3, 0.4) is 0 Å². The quantitative estimate of drug-likeness (QED) is 0.366. The van der Waals surface area contributed by atoms with Crippen LogP contribution in [0.15, 0.2) is 83.7 Å². The SMILES string of the molecule is CCCc1c(Cl)n(Cc2ccccc2)c(=O)n1Cc1ccc(-c2ccccc2C(=O)O)cc1. The Hall–Kier alpha value is -3.57.